The van der Waals surface area contributed by atoms with Crippen LogP contribution in [0.4, 0.5) is 0 Å². The Bertz CT molecular complexity index is 1020. The summed E-state index contributed by atoms with van der Waals surface area (Å²) < 4.78 is 17.5. The number of halogens is 3. The molecule has 0 aromatic heterocycles. The van der Waals surface area contributed by atoms with Crippen LogP contribution >= 0.6 is 45.8 Å². The molecule has 5 nitrogen and oxygen atoms in total. The molecule has 0 saturated heterocycles. The van der Waals surface area contributed by atoms with Crippen LogP contribution in [0.3, 0.4) is 0 Å². The van der Waals surface area contributed by atoms with Gasteiger partial charge in [0, 0.05) is 5.02 Å². The molecule has 152 valence electrons. The highest BCUT2D eigenvalue weighted by Gasteiger charge is 2.26. The third-order valence-electron chi connectivity index (χ3n) is 3.90. The highest BCUT2D eigenvalue weighted by atomic mass is 127. The van der Waals surface area contributed by atoms with Gasteiger partial charge in [0.15, 0.2) is 17.2 Å². The van der Waals surface area contributed by atoms with Crippen LogP contribution in [0.15, 0.2) is 41.0 Å². The Kier molecular flexibility index (Phi) is 7.08. The van der Waals surface area contributed by atoms with Crippen molar-refractivity contribution < 1.29 is 19.0 Å². The first-order chi connectivity index (χ1) is 13.8. The number of esters is 1. The Morgan fingerprint density at radius 2 is 2.00 bits per heavy atom. The average Bonchev–Trinajstić information content (AvgIpc) is 3.00. The summed E-state index contributed by atoms with van der Waals surface area (Å²) >= 11 is 14.3. The topological polar surface area (TPSA) is 57.1 Å². The number of ether oxygens (including phenoxy) is 3. The molecule has 29 heavy (non-hydrogen) atoms. The Balaban J connectivity index is 1.93. The molecular formula is C21H18Cl2INO4. The van der Waals surface area contributed by atoms with Crippen LogP contribution in [-0.4, -0.2) is 25.6 Å². The van der Waals surface area contributed by atoms with Gasteiger partial charge in [-0.15, -0.1) is 0 Å². The number of aliphatic imine (C=N–C) groups is 1. The third kappa shape index (κ3) is 5.24. The highest BCUT2D eigenvalue weighted by molar-refractivity contribution is 14.1. The summed E-state index contributed by atoms with van der Waals surface area (Å²) in [7, 11) is 1.58. The minimum absolute atomic E-state index is 0.140. The molecule has 0 N–H and O–H groups in total. The first kappa shape index (κ1) is 21.9. The Labute approximate surface area is 192 Å². The van der Waals surface area contributed by atoms with Crippen LogP contribution in [0.25, 0.3) is 6.08 Å². The van der Waals surface area contributed by atoms with Crippen molar-refractivity contribution in [2.75, 3.05) is 13.7 Å². The van der Waals surface area contributed by atoms with Crippen molar-refractivity contribution in [3.8, 4) is 11.5 Å². The highest BCUT2D eigenvalue weighted by Crippen LogP contribution is 2.35. The van der Waals surface area contributed by atoms with Crippen molar-refractivity contribution in [1.82, 2.24) is 0 Å². The van der Waals surface area contributed by atoms with E-state index in [0.29, 0.717) is 39.6 Å². The zero-order valence-corrected chi connectivity index (χ0v) is 19.6. The lowest BCUT2D eigenvalue weighted by atomic mass is 10.1. The summed E-state index contributed by atoms with van der Waals surface area (Å²) in [6.07, 6.45) is 1.63. The van der Waals surface area contributed by atoms with Crippen LogP contribution in [0, 0.1) is 9.49 Å². The van der Waals surface area contributed by atoms with E-state index in [1.165, 1.54) is 0 Å². The molecule has 0 amide bonds. The van der Waals surface area contributed by atoms with Crippen molar-refractivity contribution in [2.24, 2.45) is 10.9 Å². The van der Waals surface area contributed by atoms with E-state index in [2.05, 4.69) is 41.4 Å². The number of benzene rings is 2. The second kappa shape index (κ2) is 9.36. The molecule has 2 aromatic carbocycles. The van der Waals surface area contributed by atoms with Crippen molar-refractivity contribution in [1.29, 1.82) is 0 Å². The van der Waals surface area contributed by atoms with Crippen LogP contribution in [0.5, 0.6) is 11.5 Å². The Morgan fingerprint density at radius 1 is 1.24 bits per heavy atom. The summed E-state index contributed by atoms with van der Waals surface area (Å²) in [6, 6.07) is 8.57. The molecule has 2 aromatic rings. The van der Waals surface area contributed by atoms with E-state index in [0.717, 1.165) is 9.13 Å². The van der Waals surface area contributed by atoms with Crippen LogP contribution in [0.2, 0.25) is 10.0 Å². The van der Waals surface area contributed by atoms with Gasteiger partial charge in [0.2, 0.25) is 5.90 Å². The van der Waals surface area contributed by atoms with Crippen molar-refractivity contribution >= 4 is 63.7 Å². The smallest absolute Gasteiger partial charge is 0.363 e. The Morgan fingerprint density at radius 3 is 2.66 bits per heavy atom. The molecule has 0 unspecified atom stereocenters. The maximum absolute atomic E-state index is 12.3. The molecule has 0 aliphatic carbocycles. The fourth-order valence-electron chi connectivity index (χ4n) is 2.56. The van der Waals surface area contributed by atoms with Crippen molar-refractivity contribution in [3.63, 3.8) is 0 Å². The standard InChI is InChI=1S/C21H18Cl2INO4/c1-11(2)10-28-19-16(24)6-12(8-18(19)27-3)7-17-21(26)29-20(25-17)14-5-4-13(22)9-15(14)23/h4-9,11H,10H2,1-3H3/b17-7-. The van der Waals surface area contributed by atoms with Gasteiger partial charge < -0.3 is 14.2 Å². The van der Waals surface area contributed by atoms with Crippen molar-refractivity contribution in [3.05, 3.63) is 60.8 Å². The molecule has 0 spiro atoms. The third-order valence-corrected chi connectivity index (χ3v) is 5.25. The SMILES string of the molecule is COc1cc(/C=C2\N=C(c3ccc(Cl)cc3Cl)OC2=O)cc(I)c1OCC(C)C. The van der Waals surface area contributed by atoms with Crippen LogP contribution in [-0.2, 0) is 9.53 Å². The van der Waals surface area contributed by atoms with Gasteiger partial charge in [-0.2, -0.15) is 0 Å². The van der Waals surface area contributed by atoms with Gasteiger partial charge in [0.05, 0.1) is 27.9 Å². The molecule has 3 rings (SSSR count). The summed E-state index contributed by atoms with van der Waals surface area (Å²) in [5.74, 6) is 1.23. The van der Waals surface area contributed by atoms with E-state index in [1.54, 1.807) is 37.5 Å². The molecule has 0 fully saturated rings. The monoisotopic (exact) mass is 545 g/mol. The van der Waals surface area contributed by atoms with Gasteiger partial charge in [-0.05, 0) is 70.5 Å². The second-order valence-electron chi connectivity index (χ2n) is 6.70. The van der Waals surface area contributed by atoms with Gasteiger partial charge in [-0.1, -0.05) is 37.0 Å². The first-order valence-electron chi connectivity index (χ1n) is 8.76. The van der Waals surface area contributed by atoms with E-state index in [9.17, 15) is 4.79 Å². The maximum atomic E-state index is 12.3. The minimum Gasteiger partial charge on any atom is -0.493 e. The molecule has 1 aliphatic heterocycles. The maximum Gasteiger partial charge on any atom is 0.363 e. The lowest BCUT2D eigenvalue weighted by Crippen LogP contribution is -2.07. The van der Waals surface area contributed by atoms with Crippen molar-refractivity contribution in [2.45, 2.75) is 13.8 Å². The van der Waals surface area contributed by atoms with Gasteiger partial charge in [0.1, 0.15) is 0 Å². The fraction of sp³-hybridized carbons (Fsp3) is 0.238. The van der Waals surface area contributed by atoms with Gasteiger partial charge >= 0.3 is 5.97 Å². The predicted molar refractivity (Wildman–Crippen MR) is 123 cm³/mol. The lowest BCUT2D eigenvalue weighted by molar-refractivity contribution is -0.129. The van der Waals surface area contributed by atoms with E-state index in [-0.39, 0.29) is 11.6 Å². The Hall–Kier alpha value is -1.77. The van der Waals surface area contributed by atoms with E-state index >= 15 is 0 Å². The van der Waals surface area contributed by atoms with Gasteiger partial charge in [-0.25, -0.2) is 9.79 Å². The number of cyclic esters (lactones) is 1. The quantitative estimate of drug-likeness (QED) is 0.254. The zero-order valence-electron chi connectivity index (χ0n) is 16.0. The molecule has 0 bridgehead atoms. The first-order valence-corrected chi connectivity index (χ1v) is 10.6. The fourth-order valence-corrected chi connectivity index (χ4v) is 3.83. The molecule has 0 saturated carbocycles. The van der Waals surface area contributed by atoms with Crippen LogP contribution < -0.4 is 9.47 Å². The molecule has 8 heteroatoms. The zero-order chi connectivity index (χ0) is 21.1. The summed E-state index contributed by atoms with van der Waals surface area (Å²) in [4.78, 5) is 16.6. The van der Waals surface area contributed by atoms with E-state index in [1.807, 2.05) is 6.07 Å². The molecule has 1 heterocycles. The molecule has 1 aliphatic rings. The van der Waals surface area contributed by atoms with Crippen LogP contribution in [0.1, 0.15) is 25.0 Å². The molecule has 0 atom stereocenters. The normalized spacial score (nSPS) is 14.9. The lowest BCUT2D eigenvalue weighted by Gasteiger charge is -2.15. The largest absolute Gasteiger partial charge is 0.493 e. The number of hydrogen-bond acceptors (Lipinski definition) is 5. The van der Waals surface area contributed by atoms with Gasteiger partial charge in [0.25, 0.3) is 0 Å². The van der Waals surface area contributed by atoms with E-state index < -0.39 is 5.97 Å². The van der Waals surface area contributed by atoms with Gasteiger partial charge in [-0.3, -0.25) is 0 Å². The molecular weight excluding hydrogens is 528 g/mol. The summed E-state index contributed by atoms with van der Waals surface area (Å²) in [6.45, 7) is 4.73. The molecule has 0 radical (unpaired) electrons. The number of carbonyl (C=O) groups is 1. The number of hydrogen-bond donors (Lipinski definition) is 0. The summed E-state index contributed by atoms with van der Waals surface area (Å²) in [5, 5.41) is 0.842. The number of carbonyl (C=O) groups excluding carboxylic acids is 1. The second-order valence-corrected chi connectivity index (χ2v) is 8.71. The number of methoxy groups -OCH3 is 1. The number of nitrogens with zero attached hydrogens (tertiary/aromatic N) is 1. The average molecular weight is 546 g/mol. The predicted octanol–water partition coefficient (Wildman–Crippen LogP) is 5.99. The minimum atomic E-state index is -0.555. The summed E-state index contributed by atoms with van der Waals surface area (Å²) in [5.41, 5.74) is 1.40. The van der Waals surface area contributed by atoms with E-state index in [4.69, 9.17) is 37.4 Å². The number of rotatable bonds is 6.